The molecular formula is C20H20N2O2. The molecule has 24 heavy (non-hydrogen) atoms. The maximum Gasteiger partial charge on any atom is 0.226 e. The van der Waals surface area contributed by atoms with E-state index in [9.17, 15) is 9.59 Å². The number of hydrogen-bond acceptors (Lipinski definition) is 2. The maximum atomic E-state index is 12.3. The van der Waals surface area contributed by atoms with Crippen LogP contribution in [0.1, 0.15) is 36.1 Å². The van der Waals surface area contributed by atoms with Crippen LogP contribution in [0.4, 0.5) is 5.69 Å². The van der Waals surface area contributed by atoms with E-state index < -0.39 is 0 Å². The summed E-state index contributed by atoms with van der Waals surface area (Å²) in [5.41, 5.74) is 3.35. The molecule has 0 aliphatic heterocycles. The second-order valence-corrected chi connectivity index (χ2v) is 5.64. The summed E-state index contributed by atoms with van der Waals surface area (Å²) in [5.74, 6) is 2.16. The Balaban J connectivity index is 2.10. The van der Waals surface area contributed by atoms with Crippen molar-refractivity contribution in [3.05, 3.63) is 65.2 Å². The number of rotatable bonds is 5. The Morgan fingerprint density at radius 1 is 1.17 bits per heavy atom. The van der Waals surface area contributed by atoms with Gasteiger partial charge in [-0.2, -0.15) is 0 Å². The van der Waals surface area contributed by atoms with Crippen LogP contribution in [0.25, 0.3) is 0 Å². The zero-order valence-electron chi connectivity index (χ0n) is 13.8. The van der Waals surface area contributed by atoms with Crippen molar-refractivity contribution >= 4 is 17.5 Å². The van der Waals surface area contributed by atoms with E-state index in [-0.39, 0.29) is 24.3 Å². The Morgan fingerprint density at radius 3 is 2.50 bits per heavy atom. The van der Waals surface area contributed by atoms with Crippen molar-refractivity contribution in [2.45, 2.75) is 26.3 Å². The topological polar surface area (TPSA) is 58.2 Å². The lowest BCUT2D eigenvalue weighted by atomic mass is 10.0. The monoisotopic (exact) mass is 320 g/mol. The molecule has 0 fully saturated rings. The molecule has 0 radical (unpaired) electrons. The first kappa shape index (κ1) is 17.3. The Labute approximate surface area is 142 Å². The van der Waals surface area contributed by atoms with Gasteiger partial charge in [-0.15, -0.1) is 6.42 Å². The van der Waals surface area contributed by atoms with Crippen LogP contribution in [0.15, 0.2) is 48.5 Å². The number of anilines is 1. The summed E-state index contributed by atoms with van der Waals surface area (Å²) in [4.78, 5) is 23.8. The second-order valence-electron chi connectivity index (χ2n) is 5.64. The van der Waals surface area contributed by atoms with Crippen LogP contribution in [-0.4, -0.2) is 11.8 Å². The zero-order chi connectivity index (χ0) is 17.5. The van der Waals surface area contributed by atoms with Crippen LogP contribution in [0.5, 0.6) is 0 Å². The molecule has 0 aliphatic carbocycles. The van der Waals surface area contributed by atoms with E-state index in [1.54, 1.807) is 24.3 Å². The van der Waals surface area contributed by atoms with Crippen LogP contribution in [0.2, 0.25) is 0 Å². The first-order valence-electron chi connectivity index (χ1n) is 7.68. The second kappa shape index (κ2) is 7.98. The highest BCUT2D eigenvalue weighted by Gasteiger charge is 2.17. The fraction of sp³-hybridized carbons (Fsp3) is 0.200. The molecule has 2 aromatic carbocycles. The number of aryl methyl sites for hydroxylation is 1. The van der Waals surface area contributed by atoms with Crippen molar-refractivity contribution in [1.29, 1.82) is 0 Å². The van der Waals surface area contributed by atoms with Crippen molar-refractivity contribution < 1.29 is 9.59 Å². The molecule has 0 bridgehead atoms. The van der Waals surface area contributed by atoms with E-state index in [2.05, 4.69) is 16.6 Å². The predicted molar refractivity (Wildman–Crippen MR) is 95.4 cm³/mol. The van der Waals surface area contributed by atoms with E-state index in [0.717, 1.165) is 11.1 Å². The maximum absolute atomic E-state index is 12.3. The molecule has 0 saturated heterocycles. The minimum absolute atomic E-state index is 0.142. The molecule has 2 N–H and O–H groups in total. The summed E-state index contributed by atoms with van der Waals surface area (Å²) in [5, 5.41) is 5.64. The van der Waals surface area contributed by atoms with Crippen molar-refractivity contribution in [3.63, 3.8) is 0 Å². The SMILES string of the molecule is C#Cc1cccc(NC(=O)CC(NC(C)=O)c2ccc(C)cc2)c1. The molecule has 0 aliphatic rings. The molecule has 2 amide bonds. The van der Waals surface area contributed by atoms with Gasteiger partial charge in [-0.05, 0) is 30.7 Å². The molecule has 0 heterocycles. The molecule has 4 heteroatoms. The molecule has 0 spiro atoms. The first-order chi connectivity index (χ1) is 11.5. The van der Waals surface area contributed by atoms with Crippen LogP contribution in [0, 0.1) is 19.3 Å². The molecule has 1 atom stereocenters. The minimum Gasteiger partial charge on any atom is -0.349 e. The van der Waals surface area contributed by atoms with Gasteiger partial charge >= 0.3 is 0 Å². The lowest BCUT2D eigenvalue weighted by Crippen LogP contribution is -2.29. The minimum atomic E-state index is -0.376. The molecule has 2 aromatic rings. The van der Waals surface area contributed by atoms with Crippen LogP contribution in [-0.2, 0) is 9.59 Å². The third-order valence-corrected chi connectivity index (χ3v) is 3.56. The Hall–Kier alpha value is -3.06. The normalized spacial score (nSPS) is 11.2. The van der Waals surface area contributed by atoms with Gasteiger partial charge in [0.2, 0.25) is 11.8 Å². The summed E-state index contributed by atoms with van der Waals surface area (Å²) >= 11 is 0. The largest absolute Gasteiger partial charge is 0.349 e. The van der Waals surface area contributed by atoms with Gasteiger partial charge in [-0.25, -0.2) is 0 Å². The molecule has 4 nitrogen and oxygen atoms in total. The Kier molecular flexibility index (Phi) is 5.75. The fourth-order valence-electron chi connectivity index (χ4n) is 2.38. The predicted octanol–water partition coefficient (Wildman–Crippen LogP) is 3.18. The number of carbonyl (C=O) groups is 2. The van der Waals surface area contributed by atoms with Gasteiger partial charge in [0.05, 0.1) is 12.5 Å². The highest BCUT2D eigenvalue weighted by Crippen LogP contribution is 2.19. The average molecular weight is 320 g/mol. The number of carbonyl (C=O) groups excluding carboxylic acids is 2. The summed E-state index contributed by atoms with van der Waals surface area (Å²) in [6.45, 7) is 3.43. The number of hydrogen-bond donors (Lipinski definition) is 2. The van der Waals surface area contributed by atoms with Crippen molar-refractivity contribution in [1.82, 2.24) is 5.32 Å². The molecule has 0 aromatic heterocycles. The number of amides is 2. The van der Waals surface area contributed by atoms with Crippen LogP contribution >= 0.6 is 0 Å². The Morgan fingerprint density at radius 2 is 1.88 bits per heavy atom. The van der Waals surface area contributed by atoms with Gasteiger partial charge < -0.3 is 10.6 Å². The lowest BCUT2D eigenvalue weighted by molar-refractivity contribution is -0.120. The van der Waals surface area contributed by atoms with E-state index in [1.165, 1.54) is 6.92 Å². The zero-order valence-corrected chi connectivity index (χ0v) is 13.8. The van der Waals surface area contributed by atoms with Crippen LogP contribution in [0.3, 0.4) is 0 Å². The van der Waals surface area contributed by atoms with Gasteiger partial charge in [0.15, 0.2) is 0 Å². The molecule has 1 unspecified atom stereocenters. The lowest BCUT2D eigenvalue weighted by Gasteiger charge is -2.18. The smallest absolute Gasteiger partial charge is 0.226 e. The third kappa shape index (κ3) is 4.99. The van der Waals surface area contributed by atoms with Crippen molar-refractivity contribution in [2.75, 3.05) is 5.32 Å². The summed E-state index contributed by atoms with van der Waals surface area (Å²) < 4.78 is 0. The molecular weight excluding hydrogens is 300 g/mol. The van der Waals surface area contributed by atoms with Gasteiger partial charge in [0, 0.05) is 18.2 Å². The number of nitrogens with one attached hydrogen (secondary N) is 2. The fourth-order valence-corrected chi connectivity index (χ4v) is 2.38. The summed E-state index contributed by atoms with van der Waals surface area (Å²) in [7, 11) is 0. The molecule has 122 valence electrons. The molecule has 0 saturated carbocycles. The summed E-state index contributed by atoms with van der Waals surface area (Å²) in [6.07, 6.45) is 5.50. The van der Waals surface area contributed by atoms with E-state index in [1.807, 2.05) is 31.2 Å². The van der Waals surface area contributed by atoms with Crippen LogP contribution < -0.4 is 10.6 Å². The van der Waals surface area contributed by atoms with Gasteiger partial charge in [0.25, 0.3) is 0 Å². The highest BCUT2D eigenvalue weighted by molar-refractivity contribution is 5.91. The Bertz CT molecular complexity index is 773. The quantitative estimate of drug-likeness (QED) is 0.831. The van der Waals surface area contributed by atoms with E-state index in [4.69, 9.17) is 6.42 Å². The standard InChI is InChI=1S/C20H20N2O2/c1-4-16-6-5-7-18(12-16)22-20(24)13-19(21-15(3)23)17-10-8-14(2)9-11-17/h1,5-12,19H,13H2,2-3H3,(H,21,23)(H,22,24). The average Bonchev–Trinajstić information content (AvgIpc) is 2.54. The van der Waals surface area contributed by atoms with Crippen molar-refractivity contribution in [2.24, 2.45) is 0 Å². The van der Waals surface area contributed by atoms with Gasteiger partial charge in [0.1, 0.15) is 0 Å². The highest BCUT2D eigenvalue weighted by atomic mass is 16.2. The van der Waals surface area contributed by atoms with Crippen molar-refractivity contribution in [3.8, 4) is 12.3 Å². The van der Waals surface area contributed by atoms with E-state index >= 15 is 0 Å². The molecule has 2 rings (SSSR count). The third-order valence-electron chi connectivity index (χ3n) is 3.56. The summed E-state index contributed by atoms with van der Waals surface area (Å²) in [6, 6.07) is 14.5. The van der Waals surface area contributed by atoms with Gasteiger partial charge in [-0.1, -0.05) is 41.8 Å². The first-order valence-corrected chi connectivity index (χ1v) is 7.68. The number of terminal acetylenes is 1. The van der Waals surface area contributed by atoms with E-state index in [0.29, 0.717) is 11.3 Å². The number of benzene rings is 2. The van der Waals surface area contributed by atoms with Gasteiger partial charge in [-0.3, -0.25) is 9.59 Å².